The maximum atomic E-state index is 12.1. The normalized spacial score (nSPS) is 25.8. The number of anilines is 1. The van der Waals surface area contributed by atoms with Crippen molar-refractivity contribution in [1.82, 2.24) is 10.2 Å². The highest BCUT2D eigenvalue weighted by atomic mass is 79.9. The van der Waals surface area contributed by atoms with E-state index in [2.05, 4.69) is 21.2 Å². The second-order valence-electron chi connectivity index (χ2n) is 4.81. The van der Waals surface area contributed by atoms with E-state index < -0.39 is 5.54 Å². The van der Waals surface area contributed by atoms with Crippen molar-refractivity contribution < 1.29 is 9.59 Å². The third-order valence-electron chi connectivity index (χ3n) is 3.91. The highest BCUT2D eigenvalue weighted by molar-refractivity contribution is 9.10. The van der Waals surface area contributed by atoms with E-state index in [-0.39, 0.29) is 11.9 Å². The fraction of sp³-hybridized carbons (Fsp3) is 0.333. The molecule has 3 amide bonds. The fourth-order valence-electron chi connectivity index (χ4n) is 2.75. The summed E-state index contributed by atoms with van der Waals surface area (Å²) in [4.78, 5) is 25.2. The van der Waals surface area contributed by atoms with Gasteiger partial charge < -0.3 is 10.6 Å². The van der Waals surface area contributed by atoms with Gasteiger partial charge in [-0.2, -0.15) is 0 Å². The Kier molecular flexibility index (Phi) is 2.22. The molecule has 1 spiro atoms. The lowest BCUT2D eigenvalue weighted by Gasteiger charge is -2.27. The molecule has 18 heavy (non-hydrogen) atoms. The zero-order valence-corrected chi connectivity index (χ0v) is 11.4. The van der Waals surface area contributed by atoms with Crippen LogP contribution >= 0.6 is 15.9 Å². The Morgan fingerprint density at radius 3 is 2.72 bits per heavy atom. The Balaban J connectivity index is 2.10. The standard InChI is InChI=1S/C12H12BrN3O2/c1-16-11(18)15-10(17)12(16)4-6-2-3-8(14)9(13)7(6)5-12/h2-3H,4-5,14H2,1H3,(H,15,17,18). The first-order chi connectivity index (χ1) is 8.45. The van der Waals surface area contributed by atoms with Gasteiger partial charge in [-0.3, -0.25) is 10.1 Å². The van der Waals surface area contributed by atoms with E-state index in [9.17, 15) is 9.59 Å². The number of carbonyl (C=O) groups excluding carboxylic acids is 2. The highest BCUT2D eigenvalue weighted by Crippen LogP contribution is 2.41. The molecule has 1 aromatic carbocycles. The van der Waals surface area contributed by atoms with Crippen LogP contribution in [0.3, 0.4) is 0 Å². The number of amides is 3. The summed E-state index contributed by atoms with van der Waals surface area (Å²) in [5.74, 6) is -0.225. The van der Waals surface area contributed by atoms with Crippen LogP contribution in [0.4, 0.5) is 10.5 Å². The lowest BCUT2D eigenvalue weighted by atomic mass is 9.95. The first-order valence-corrected chi connectivity index (χ1v) is 6.40. The summed E-state index contributed by atoms with van der Waals surface area (Å²) in [6.45, 7) is 0. The Bertz CT molecular complexity index is 587. The van der Waals surface area contributed by atoms with Crippen LogP contribution in [-0.2, 0) is 17.6 Å². The molecule has 0 saturated carbocycles. The minimum atomic E-state index is -0.782. The monoisotopic (exact) mass is 309 g/mol. The van der Waals surface area contributed by atoms with E-state index in [0.717, 1.165) is 15.6 Å². The first kappa shape index (κ1) is 11.5. The van der Waals surface area contributed by atoms with Crippen LogP contribution in [-0.4, -0.2) is 29.4 Å². The van der Waals surface area contributed by atoms with Crippen molar-refractivity contribution in [3.8, 4) is 0 Å². The van der Waals surface area contributed by atoms with Crippen molar-refractivity contribution in [3.05, 3.63) is 27.7 Å². The molecule has 1 aliphatic carbocycles. The Labute approximate surface area is 112 Å². The van der Waals surface area contributed by atoms with Gasteiger partial charge in [0.25, 0.3) is 5.91 Å². The summed E-state index contributed by atoms with van der Waals surface area (Å²) in [6, 6.07) is 3.40. The molecule has 5 nitrogen and oxygen atoms in total. The Hall–Kier alpha value is -1.56. The van der Waals surface area contributed by atoms with Gasteiger partial charge in [0.2, 0.25) is 0 Å². The molecular weight excluding hydrogens is 298 g/mol. The summed E-state index contributed by atoms with van der Waals surface area (Å²) < 4.78 is 0.831. The molecule has 3 rings (SSSR count). The molecule has 1 atom stereocenters. The SMILES string of the molecule is CN1C(=O)NC(=O)C12Cc1ccc(N)c(Br)c1C2. The molecule has 94 valence electrons. The number of nitrogen functional groups attached to an aromatic ring is 1. The van der Waals surface area contributed by atoms with Gasteiger partial charge in [-0.05, 0) is 33.1 Å². The van der Waals surface area contributed by atoms with E-state index in [1.54, 1.807) is 7.05 Å². The van der Waals surface area contributed by atoms with Crippen LogP contribution in [0.15, 0.2) is 16.6 Å². The number of carbonyl (C=O) groups is 2. The molecule has 0 aromatic heterocycles. The van der Waals surface area contributed by atoms with E-state index in [1.165, 1.54) is 4.90 Å². The summed E-state index contributed by atoms with van der Waals surface area (Å²) in [5.41, 5.74) is 7.80. The number of halogens is 1. The van der Waals surface area contributed by atoms with Crippen LogP contribution in [0.1, 0.15) is 11.1 Å². The van der Waals surface area contributed by atoms with Crippen molar-refractivity contribution in [2.45, 2.75) is 18.4 Å². The quantitative estimate of drug-likeness (QED) is 0.555. The second-order valence-corrected chi connectivity index (χ2v) is 5.60. The van der Waals surface area contributed by atoms with Gasteiger partial charge in [-0.15, -0.1) is 0 Å². The number of nitrogens with one attached hydrogen (secondary N) is 1. The predicted molar refractivity (Wildman–Crippen MR) is 70.0 cm³/mol. The van der Waals surface area contributed by atoms with Gasteiger partial charge in [-0.1, -0.05) is 6.07 Å². The number of nitrogens with zero attached hydrogens (tertiary/aromatic N) is 1. The molecule has 0 radical (unpaired) electrons. The summed E-state index contributed by atoms with van der Waals surface area (Å²) in [6.07, 6.45) is 1.04. The molecule has 0 bridgehead atoms. The van der Waals surface area contributed by atoms with E-state index in [1.807, 2.05) is 12.1 Å². The fourth-order valence-corrected chi connectivity index (χ4v) is 3.27. The summed E-state index contributed by atoms with van der Waals surface area (Å²) in [7, 11) is 1.66. The molecule has 1 aromatic rings. The Morgan fingerprint density at radius 1 is 1.39 bits per heavy atom. The third kappa shape index (κ3) is 1.26. The molecule has 1 fully saturated rings. The number of hydrogen-bond acceptors (Lipinski definition) is 3. The van der Waals surface area contributed by atoms with Crippen LogP contribution < -0.4 is 11.1 Å². The lowest BCUT2D eigenvalue weighted by molar-refractivity contribution is -0.125. The minimum Gasteiger partial charge on any atom is -0.398 e. The molecule has 1 heterocycles. The maximum Gasteiger partial charge on any atom is 0.324 e. The van der Waals surface area contributed by atoms with Crippen molar-refractivity contribution in [2.75, 3.05) is 12.8 Å². The summed E-state index contributed by atoms with van der Waals surface area (Å²) in [5, 5.41) is 2.37. The number of rotatable bonds is 0. The largest absolute Gasteiger partial charge is 0.398 e. The van der Waals surface area contributed by atoms with Gasteiger partial charge in [-0.25, -0.2) is 4.79 Å². The van der Waals surface area contributed by atoms with Gasteiger partial charge in [0.15, 0.2) is 0 Å². The zero-order chi connectivity index (χ0) is 13.1. The van der Waals surface area contributed by atoms with Gasteiger partial charge in [0.05, 0.1) is 0 Å². The van der Waals surface area contributed by atoms with E-state index in [4.69, 9.17) is 5.73 Å². The van der Waals surface area contributed by atoms with Crippen molar-refractivity contribution >= 4 is 33.6 Å². The maximum absolute atomic E-state index is 12.1. The van der Waals surface area contributed by atoms with Crippen LogP contribution in [0.5, 0.6) is 0 Å². The molecule has 6 heteroatoms. The Morgan fingerprint density at radius 2 is 2.11 bits per heavy atom. The number of urea groups is 1. The molecule has 3 N–H and O–H groups in total. The van der Waals surface area contributed by atoms with Crippen molar-refractivity contribution in [1.29, 1.82) is 0 Å². The predicted octanol–water partition coefficient (Wildman–Crippen LogP) is 1.05. The molecular formula is C12H12BrN3O2. The third-order valence-corrected chi connectivity index (χ3v) is 4.85. The highest BCUT2D eigenvalue weighted by Gasteiger charge is 2.54. The molecule has 1 unspecified atom stereocenters. The van der Waals surface area contributed by atoms with Crippen molar-refractivity contribution in [2.24, 2.45) is 0 Å². The van der Waals surface area contributed by atoms with Crippen LogP contribution in [0, 0.1) is 0 Å². The van der Waals surface area contributed by atoms with Gasteiger partial charge in [0.1, 0.15) is 5.54 Å². The number of likely N-dealkylation sites (N-methyl/N-ethyl adjacent to an activating group) is 1. The topological polar surface area (TPSA) is 75.4 Å². The number of fused-ring (bicyclic) bond motifs is 1. The van der Waals surface area contributed by atoms with Gasteiger partial charge >= 0.3 is 6.03 Å². The first-order valence-electron chi connectivity index (χ1n) is 5.61. The number of hydrogen-bond donors (Lipinski definition) is 2. The van der Waals surface area contributed by atoms with Crippen LogP contribution in [0.2, 0.25) is 0 Å². The van der Waals surface area contributed by atoms with Crippen molar-refractivity contribution in [3.63, 3.8) is 0 Å². The molecule has 1 saturated heterocycles. The minimum absolute atomic E-state index is 0.225. The zero-order valence-electron chi connectivity index (χ0n) is 9.79. The van der Waals surface area contributed by atoms with E-state index in [0.29, 0.717) is 18.5 Å². The molecule has 2 aliphatic rings. The number of nitrogens with two attached hydrogens (primary N) is 1. The second kappa shape index (κ2) is 3.47. The van der Waals surface area contributed by atoms with Crippen LogP contribution in [0.25, 0.3) is 0 Å². The average Bonchev–Trinajstić information content (AvgIpc) is 2.82. The average molecular weight is 310 g/mol. The molecule has 1 aliphatic heterocycles. The smallest absolute Gasteiger partial charge is 0.324 e. The van der Waals surface area contributed by atoms with Gasteiger partial charge in [0, 0.05) is 30.0 Å². The number of benzene rings is 1. The lowest BCUT2D eigenvalue weighted by Crippen LogP contribution is -2.48. The van der Waals surface area contributed by atoms with E-state index >= 15 is 0 Å². The summed E-state index contributed by atoms with van der Waals surface area (Å²) >= 11 is 3.46. The number of imide groups is 1.